The number of esters is 1. The first-order valence-electron chi connectivity index (χ1n) is 3.77. The first-order chi connectivity index (χ1) is 5.66. The highest BCUT2D eigenvalue weighted by Crippen LogP contribution is 2.25. The van der Waals surface area contributed by atoms with E-state index < -0.39 is 12.1 Å². The minimum Gasteiger partial charge on any atom is -0.466 e. The van der Waals surface area contributed by atoms with E-state index in [9.17, 15) is 9.90 Å². The van der Waals surface area contributed by atoms with Crippen molar-refractivity contribution >= 4 is 21.9 Å². The van der Waals surface area contributed by atoms with Crippen LogP contribution in [0.25, 0.3) is 0 Å². The minimum absolute atomic E-state index is 0.0309. The zero-order valence-electron chi connectivity index (χ0n) is 6.79. The fraction of sp³-hybridized carbons (Fsp3) is 0.625. The molecule has 1 aliphatic rings. The van der Waals surface area contributed by atoms with E-state index in [1.807, 2.05) is 0 Å². The van der Waals surface area contributed by atoms with Gasteiger partial charge >= 0.3 is 5.97 Å². The number of ether oxygens (including phenoxy) is 1. The fourth-order valence-electron chi connectivity index (χ4n) is 1.19. The lowest BCUT2D eigenvalue weighted by Gasteiger charge is -2.22. The second-order valence-corrected chi connectivity index (χ2v) is 3.87. The molecule has 0 unspecified atom stereocenters. The van der Waals surface area contributed by atoms with Gasteiger partial charge in [0.05, 0.1) is 18.8 Å². The molecule has 0 heterocycles. The molecule has 12 heavy (non-hydrogen) atoms. The number of alkyl halides is 1. The Morgan fingerprint density at radius 1 is 1.83 bits per heavy atom. The van der Waals surface area contributed by atoms with Crippen LogP contribution in [0, 0.1) is 0 Å². The smallest absolute Gasteiger partial charge is 0.336 e. The summed E-state index contributed by atoms with van der Waals surface area (Å²) in [5.74, 6) is -0.438. The van der Waals surface area contributed by atoms with Crippen molar-refractivity contribution in [2.45, 2.75) is 23.8 Å². The maximum atomic E-state index is 11.1. The molecule has 0 aromatic rings. The van der Waals surface area contributed by atoms with Gasteiger partial charge in [0.1, 0.15) is 0 Å². The topological polar surface area (TPSA) is 46.5 Å². The summed E-state index contributed by atoms with van der Waals surface area (Å²) in [6.07, 6.45) is 2.65. The Morgan fingerprint density at radius 3 is 3.08 bits per heavy atom. The summed E-state index contributed by atoms with van der Waals surface area (Å²) in [7, 11) is 1.31. The quantitative estimate of drug-likeness (QED) is 0.544. The van der Waals surface area contributed by atoms with Crippen LogP contribution in [-0.2, 0) is 9.53 Å². The third kappa shape index (κ3) is 1.87. The van der Waals surface area contributed by atoms with Crippen molar-refractivity contribution in [3.8, 4) is 0 Å². The Bertz CT molecular complexity index is 212. The van der Waals surface area contributed by atoms with Crippen molar-refractivity contribution in [2.24, 2.45) is 0 Å². The first kappa shape index (κ1) is 9.74. The molecule has 0 fully saturated rings. The van der Waals surface area contributed by atoms with E-state index in [4.69, 9.17) is 0 Å². The zero-order valence-corrected chi connectivity index (χ0v) is 8.37. The molecule has 68 valence electrons. The van der Waals surface area contributed by atoms with Gasteiger partial charge in [0.25, 0.3) is 0 Å². The van der Waals surface area contributed by atoms with Crippen molar-refractivity contribution in [2.75, 3.05) is 7.11 Å². The van der Waals surface area contributed by atoms with Gasteiger partial charge < -0.3 is 9.84 Å². The monoisotopic (exact) mass is 234 g/mol. The maximum absolute atomic E-state index is 11.1. The molecule has 0 bridgehead atoms. The molecule has 0 saturated carbocycles. The first-order valence-corrected chi connectivity index (χ1v) is 4.69. The van der Waals surface area contributed by atoms with Crippen LogP contribution in [0.1, 0.15) is 12.8 Å². The Hall–Kier alpha value is -0.350. The summed E-state index contributed by atoms with van der Waals surface area (Å²) in [6, 6.07) is 0. The molecule has 1 rings (SSSR count). The van der Waals surface area contributed by atoms with Crippen LogP contribution in [0.5, 0.6) is 0 Å². The number of hydrogen-bond donors (Lipinski definition) is 1. The van der Waals surface area contributed by atoms with Crippen LogP contribution in [0.2, 0.25) is 0 Å². The summed E-state index contributed by atoms with van der Waals surface area (Å²) in [6.45, 7) is 0. The largest absolute Gasteiger partial charge is 0.466 e. The number of hydrogen-bond acceptors (Lipinski definition) is 3. The minimum atomic E-state index is -0.730. The summed E-state index contributed by atoms with van der Waals surface area (Å²) in [5.41, 5.74) is 0.366. The normalized spacial score (nSPS) is 29.4. The molecule has 0 aromatic heterocycles. The summed E-state index contributed by atoms with van der Waals surface area (Å²) in [4.78, 5) is 11.0. The molecule has 2 atom stereocenters. The molecule has 0 aliphatic heterocycles. The molecular weight excluding hydrogens is 224 g/mol. The third-order valence-electron chi connectivity index (χ3n) is 1.89. The second-order valence-electron chi connectivity index (χ2n) is 2.69. The fourth-order valence-corrected chi connectivity index (χ4v) is 1.74. The van der Waals surface area contributed by atoms with Crippen molar-refractivity contribution in [1.29, 1.82) is 0 Å². The number of halogens is 1. The van der Waals surface area contributed by atoms with E-state index in [2.05, 4.69) is 20.7 Å². The molecule has 1 N–H and O–H groups in total. The number of aliphatic hydroxyl groups excluding tert-OH is 1. The van der Waals surface area contributed by atoms with Crippen LogP contribution >= 0.6 is 15.9 Å². The van der Waals surface area contributed by atoms with Crippen LogP contribution in [0.3, 0.4) is 0 Å². The zero-order chi connectivity index (χ0) is 9.14. The van der Waals surface area contributed by atoms with Gasteiger partial charge in [-0.2, -0.15) is 0 Å². The van der Waals surface area contributed by atoms with Gasteiger partial charge in [-0.3, -0.25) is 0 Å². The van der Waals surface area contributed by atoms with Crippen LogP contribution < -0.4 is 0 Å². The van der Waals surface area contributed by atoms with Crippen molar-refractivity contribution in [1.82, 2.24) is 0 Å². The SMILES string of the molecule is COC(=O)C1=CCC[C@H](Br)[C@H]1O. The van der Waals surface area contributed by atoms with E-state index in [0.29, 0.717) is 5.57 Å². The van der Waals surface area contributed by atoms with Gasteiger partial charge in [-0.1, -0.05) is 22.0 Å². The van der Waals surface area contributed by atoms with E-state index in [0.717, 1.165) is 12.8 Å². The molecule has 0 radical (unpaired) electrons. The number of methoxy groups -OCH3 is 1. The molecule has 0 aromatic carbocycles. The second kappa shape index (κ2) is 4.05. The summed E-state index contributed by atoms with van der Waals surface area (Å²) < 4.78 is 4.52. The molecule has 1 aliphatic carbocycles. The lowest BCUT2D eigenvalue weighted by atomic mass is 9.96. The lowest BCUT2D eigenvalue weighted by molar-refractivity contribution is -0.137. The molecule has 0 saturated heterocycles. The van der Waals surface area contributed by atoms with E-state index in [1.165, 1.54) is 7.11 Å². The van der Waals surface area contributed by atoms with Gasteiger partial charge in [0, 0.05) is 4.83 Å². The van der Waals surface area contributed by atoms with Gasteiger partial charge in [-0.25, -0.2) is 4.79 Å². The number of rotatable bonds is 1. The van der Waals surface area contributed by atoms with Crippen LogP contribution in [0.4, 0.5) is 0 Å². The van der Waals surface area contributed by atoms with Gasteiger partial charge in [-0.15, -0.1) is 0 Å². The summed E-state index contributed by atoms with van der Waals surface area (Å²) >= 11 is 3.29. The molecule has 0 amide bonds. The number of aliphatic hydroxyl groups is 1. The van der Waals surface area contributed by atoms with E-state index in [-0.39, 0.29) is 4.83 Å². The van der Waals surface area contributed by atoms with Crippen molar-refractivity contribution in [3.63, 3.8) is 0 Å². The number of carbonyl (C=O) groups is 1. The maximum Gasteiger partial charge on any atom is 0.336 e. The van der Waals surface area contributed by atoms with Crippen molar-refractivity contribution < 1.29 is 14.6 Å². The van der Waals surface area contributed by atoms with Gasteiger partial charge in [-0.05, 0) is 12.8 Å². The average Bonchev–Trinajstić information content (AvgIpc) is 2.08. The van der Waals surface area contributed by atoms with Crippen LogP contribution in [0.15, 0.2) is 11.6 Å². The molecule has 4 heteroatoms. The van der Waals surface area contributed by atoms with Gasteiger partial charge in [0.2, 0.25) is 0 Å². The number of carbonyl (C=O) groups excluding carboxylic acids is 1. The predicted octanol–water partition coefficient (Wildman–Crippen LogP) is 1.00. The van der Waals surface area contributed by atoms with Gasteiger partial charge in [0.15, 0.2) is 0 Å². The Morgan fingerprint density at radius 2 is 2.50 bits per heavy atom. The lowest BCUT2D eigenvalue weighted by Crippen LogP contribution is -2.30. The van der Waals surface area contributed by atoms with Crippen molar-refractivity contribution in [3.05, 3.63) is 11.6 Å². The van der Waals surface area contributed by atoms with E-state index in [1.54, 1.807) is 6.08 Å². The Kier molecular flexibility index (Phi) is 3.29. The highest BCUT2D eigenvalue weighted by Gasteiger charge is 2.28. The van der Waals surface area contributed by atoms with Crippen LogP contribution in [-0.4, -0.2) is 29.1 Å². The predicted molar refractivity (Wildman–Crippen MR) is 48.1 cm³/mol. The molecule has 3 nitrogen and oxygen atoms in total. The Balaban J connectivity index is 2.75. The van der Waals surface area contributed by atoms with E-state index >= 15 is 0 Å². The number of allylic oxidation sites excluding steroid dienone is 1. The third-order valence-corrected chi connectivity index (χ3v) is 2.85. The Labute approximate surface area is 79.5 Å². The highest BCUT2D eigenvalue weighted by molar-refractivity contribution is 9.09. The standard InChI is InChI=1S/C8H11BrO3/c1-12-8(11)5-3-2-4-6(9)7(5)10/h3,6-7,10H,2,4H2,1H3/t6-,7-/m0/s1. The highest BCUT2D eigenvalue weighted by atomic mass is 79.9. The molecule has 0 spiro atoms. The summed E-state index contributed by atoms with van der Waals surface area (Å²) in [5, 5.41) is 9.52. The average molecular weight is 235 g/mol. The molecular formula is C8H11BrO3.